The van der Waals surface area contributed by atoms with Gasteiger partial charge in [-0.1, -0.05) is 42.0 Å². The van der Waals surface area contributed by atoms with Gasteiger partial charge in [-0.15, -0.1) is 0 Å². The molecule has 0 bridgehead atoms. The Hall–Kier alpha value is -3.34. The van der Waals surface area contributed by atoms with Crippen molar-refractivity contribution < 1.29 is 14.3 Å². The maximum Gasteiger partial charge on any atom is 0.318 e. The van der Waals surface area contributed by atoms with Crippen molar-refractivity contribution in [3.63, 3.8) is 0 Å². The Bertz CT molecular complexity index is 1020. The van der Waals surface area contributed by atoms with E-state index in [2.05, 4.69) is 36.5 Å². The highest BCUT2D eigenvalue weighted by molar-refractivity contribution is 6.12. The van der Waals surface area contributed by atoms with Crippen LogP contribution in [0.15, 0.2) is 60.8 Å². The summed E-state index contributed by atoms with van der Waals surface area (Å²) in [5, 5.41) is 3.17. The first-order valence-electron chi connectivity index (χ1n) is 9.42. The molecule has 28 heavy (non-hydrogen) atoms. The molecule has 1 atom stereocenters. The highest BCUT2D eigenvalue weighted by Gasteiger charge is 2.36. The van der Waals surface area contributed by atoms with Gasteiger partial charge in [0, 0.05) is 18.4 Å². The fourth-order valence-electron chi connectivity index (χ4n) is 3.51. The molecule has 3 aromatic rings. The molecular formula is C23H22N2O3. The first-order chi connectivity index (χ1) is 13.6. The molecular weight excluding hydrogens is 352 g/mol. The van der Waals surface area contributed by atoms with Crippen LogP contribution < -0.4 is 5.32 Å². The van der Waals surface area contributed by atoms with Crippen molar-refractivity contribution in [2.75, 3.05) is 18.5 Å². The van der Waals surface area contributed by atoms with Gasteiger partial charge in [-0.05, 0) is 43.2 Å². The number of ketones is 1. The zero-order chi connectivity index (χ0) is 19.7. The third kappa shape index (κ3) is 3.20. The summed E-state index contributed by atoms with van der Waals surface area (Å²) in [5.74, 6) is -1.50. The van der Waals surface area contributed by atoms with Gasteiger partial charge >= 0.3 is 5.97 Å². The predicted molar refractivity (Wildman–Crippen MR) is 109 cm³/mol. The van der Waals surface area contributed by atoms with Crippen LogP contribution in [-0.2, 0) is 9.53 Å². The smallest absolute Gasteiger partial charge is 0.318 e. The van der Waals surface area contributed by atoms with Crippen molar-refractivity contribution in [2.24, 2.45) is 5.92 Å². The Morgan fingerprint density at radius 1 is 1.07 bits per heavy atom. The molecule has 1 aliphatic rings. The standard InChI is InChI=1S/C23H22N2O3/c1-3-28-23(27)19-14-24-20-12-13-25(21(20)22(19)26)18-10-8-17(9-11-18)16-6-4-15(2)5-7-16/h4-13,19,24H,3,14H2,1-2H3. The van der Waals surface area contributed by atoms with E-state index in [-0.39, 0.29) is 18.9 Å². The normalized spacial score (nSPS) is 15.6. The number of carbonyl (C=O) groups is 2. The fourth-order valence-corrected chi connectivity index (χ4v) is 3.51. The van der Waals surface area contributed by atoms with Crippen LogP contribution in [0.1, 0.15) is 23.0 Å². The molecule has 1 aliphatic heterocycles. The average Bonchev–Trinajstić information content (AvgIpc) is 3.14. The molecule has 1 unspecified atom stereocenters. The number of anilines is 1. The summed E-state index contributed by atoms with van der Waals surface area (Å²) in [6, 6.07) is 18.3. The SMILES string of the molecule is CCOC(=O)C1CNc2ccn(-c3ccc(-c4ccc(C)cc4)cc3)c2C1=O. The average molecular weight is 374 g/mol. The number of aromatic nitrogens is 1. The van der Waals surface area contributed by atoms with Crippen molar-refractivity contribution in [1.82, 2.24) is 4.57 Å². The number of rotatable bonds is 4. The molecule has 1 aromatic heterocycles. The number of Topliss-reactive ketones (excluding diaryl/α,β-unsaturated/α-hetero) is 1. The summed E-state index contributed by atoms with van der Waals surface area (Å²) >= 11 is 0. The molecule has 0 spiro atoms. The van der Waals surface area contributed by atoms with Gasteiger partial charge in [-0.25, -0.2) is 0 Å². The minimum Gasteiger partial charge on any atom is -0.465 e. The Labute approximate surface area is 163 Å². The van der Waals surface area contributed by atoms with Crippen molar-refractivity contribution in [3.8, 4) is 16.8 Å². The zero-order valence-corrected chi connectivity index (χ0v) is 15.9. The minimum atomic E-state index is -0.812. The van der Waals surface area contributed by atoms with Gasteiger partial charge in [0.25, 0.3) is 0 Å². The summed E-state index contributed by atoms with van der Waals surface area (Å²) in [4.78, 5) is 25.1. The van der Waals surface area contributed by atoms with Crippen LogP contribution in [0.3, 0.4) is 0 Å². The van der Waals surface area contributed by atoms with E-state index in [9.17, 15) is 9.59 Å². The molecule has 0 amide bonds. The van der Waals surface area contributed by atoms with Crippen molar-refractivity contribution in [1.29, 1.82) is 0 Å². The number of ether oxygens (including phenoxy) is 1. The number of benzene rings is 2. The second kappa shape index (κ2) is 7.35. The van der Waals surface area contributed by atoms with Gasteiger partial charge in [-0.2, -0.15) is 0 Å². The lowest BCUT2D eigenvalue weighted by Gasteiger charge is -2.23. The van der Waals surface area contributed by atoms with Gasteiger partial charge in [0.1, 0.15) is 11.6 Å². The van der Waals surface area contributed by atoms with Crippen LogP contribution >= 0.6 is 0 Å². The Balaban J connectivity index is 1.65. The number of hydrogen-bond acceptors (Lipinski definition) is 4. The van der Waals surface area contributed by atoms with Crippen LogP contribution in [0, 0.1) is 12.8 Å². The van der Waals surface area contributed by atoms with E-state index < -0.39 is 11.9 Å². The van der Waals surface area contributed by atoms with E-state index in [0.29, 0.717) is 5.69 Å². The Morgan fingerprint density at radius 3 is 2.36 bits per heavy atom. The summed E-state index contributed by atoms with van der Waals surface area (Å²) < 4.78 is 6.88. The molecule has 0 saturated heterocycles. The molecule has 5 heteroatoms. The van der Waals surface area contributed by atoms with E-state index in [1.165, 1.54) is 5.56 Å². The van der Waals surface area contributed by atoms with Crippen molar-refractivity contribution in [2.45, 2.75) is 13.8 Å². The maximum atomic E-state index is 12.9. The molecule has 142 valence electrons. The monoisotopic (exact) mass is 374 g/mol. The molecule has 4 rings (SSSR count). The molecule has 5 nitrogen and oxygen atoms in total. The van der Waals surface area contributed by atoms with E-state index in [4.69, 9.17) is 4.74 Å². The second-order valence-corrected chi connectivity index (χ2v) is 6.91. The van der Waals surface area contributed by atoms with Crippen LogP contribution in [-0.4, -0.2) is 29.5 Å². The largest absolute Gasteiger partial charge is 0.465 e. The second-order valence-electron chi connectivity index (χ2n) is 6.91. The Kier molecular flexibility index (Phi) is 4.74. The summed E-state index contributed by atoms with van der Waals surface area (Å²) in [7, 11) is 0. The molecule has 0 saturated carbocycles. The minimum absolute atomic E-state index is 0.209. The number of fused-ring (bicyclic) bond motifs is 1. The van der Waals surface area contributed by atoms with E-state index in [0.717, 1.165) is 22.5 Å². The number of carbonyl (C=O) groups excluding carboxylic acids is 2. The zero-order valence-electron chi connectivity index (χ0n) is 15.9. The summed E-state index contributed by atoms with van der Waals surface area (Å²) in [5.41, 5.74) is 5.59. The van der Waals surface area contributed by atoms with Gasteiger partial charge in [0.15, 0.2) is 5.78 Å². The van der Waals surface area contributed by atoms with Crippen molar-refractivity contribution in [3.05, 3.63) is 72.1 Å². The molecule has 2 aromatic carbocycles. The number of hydrogen-bond donors (Lipinski definition) is 1. The van der Waals surface area contributed by atoms with Gasteiger partial charge in [-0.3, -0.25) is 9.59 Å². The lowest BCUT2D eigenvalue weighted by molar-refractivity contribution is -0.145. The van der Waals surface area contributed by atoms with Gasteiger partial charge in [0.05, 0.1) is 12.3 Å². The quantitative estimate of drug-likeness (QED) is 0.548. The number of nitrogens with zero attached hydrogens (tertiary/aromatic N) is 1. The van der Waals surface area contributed by atoms with Crippen LogP contribution in [0.2, 0.25) is 0 Å². The highest BCUT2D eigenvalue weighted by atomic mass is 16.5. The molecule has 0 radical (unpaired) electrons. The van der Waals surface area contributed by atoms with Crippen molar-refractivity contribution >= 4 is 17.4 Å². The van der Waals surface area contributed by atoms with E-state index in [1.807, 2.05) is 41.1 Å². The van der Waals surface area contributed by atoms with Crippen LogP contribution in [0.25, 0.3) is 16.8 Å². The van der Waals surface area contributed by atoms with Gasteiger partial charge < -0.3 is 14.6 Å². The fraction of sp³-hybridized carbons (Fsp3) is 0.217. The van der Waals surface area contributed by atoms with Crippen LogP contribution in [0.5, 0.6) is 0 Å². The first kappa shape index (κ1) is 18.0. The van der Waals surface area contributed by atoms with E-state index >= 15 is 0 Å². The third-order valence-electron chi connectivity index (χ3n) is 5.03. The lowest BCUT2D eigenvalue weighted by Crippen LogP contribution is -2.37. The number of nitrogens with one attached hydrogen (secondary N) is 1. The van der Waals surface area contributed by atoms with Crippen LogP contribution in [0.4, 0.5) is 5.69 Å². The summed E-state index contributed by atoms with van der Waals surface area (Å²) in [6.45, 7) is 4.33. The Morgan fingerprint density at radius 2 is 1.71 bits per heavy atom. The lowest BCUT2D eigenvalue weighted by atomic mass is 9.97. The maximum absolute atomic E-state index is 12.9. The molecule has 1 N–H and O–H groups in total. The first-order valence-corrected chi connectivity index (χ1v) is 9.42. The molecule has 0 aliphatic carbocycles. The number of aryl methyl sites for hydroxylation is 1. The molecule has 2 heterocycles. The summed E-state index contributed by atoms with van der Waals surface area (Å²) in [6.07, 6.45) is 1.85. The number of esters is 1. The predicted octanol–water partition coefficient (Wildman–Crippen LogP) is 4.24. The van der Waals surface area contributed by atoms with E-state index in [1.54, 1.807) is 6.92 Å². The van der Waals surface area contributed by atoms with Gasteiger partial charge in [0.2, 0.25) is 0 Å². The third-order valence-corrected chi connectivity index (χ3v) is 5.03. The topological polar surface area (TPSA) is 60.3 Å². The highest BCUT2D eigenvalue weighted by Crippen LogP contribution is 2.30. The molecule has 0 fully saturated rings.